The fourth-order valence-electron chi connectivity index (χ4n) is 3.47. The number of hydrogen-bond acceptors (Lipinski definition) is 3. The van der Waals surface area contributed by atoms with Crippen LogP contribution in [0.25, 0.3) is 0 Å². The molecule has 2 aromatic carbocycles. The molecule has 0 aromatic heterocycles. The van der Waals surface area contributed by atoms with Gasteiger partial charge >= 0.3 is 6.03 Å². The Balaban J connectivity index is 1.69. The van der Waals surface area contributed by atoms with Crippen molar-refractivity contribution in [3.05, 3.63) is 70.8 Å². The number of benzene rings is 2. The minimum absolute atomic E-state index is 0.0544. The molecule has 5 heteroatoms. The van der Waals surface area contributed by atoms with Gasteiger partial charge in [0.1, 0.15) is 0 Å². The van der Waals surface area contributed by atoms with Crippen molar-refractivity contribution < 1.29 is 9.90 Å². The van der Waals surface area contributed by atoms with Gasteiger partial charge in [-0.3, -0.25) is 0 Å². The van der Waals surface area contributed by atoms with Gasteiger partial charge in [0.05, 0.1) is 17.7 Å². The predicted octanol–water partition coefficient (Wildman–Crippen LogP) is 3.14. The van der Waals surface area contributed by atoms with E-state index in [1.165, 1.54) is 11.1 Å². The van der Waals surface area contributed by atoms with Gasteiger partial charge in [0.15, 0.2) is 0 Å². The number of aryl methyl sites for hydroxylation is 1. The van der Waals surface area contributed by atoms with E-state index in [1.54, 1.807) is 12.1 Å². The van der Waals surface area contributed by atoms with Gasteiger partial charge in [-0.2, -0.15) is 5.26 Å². The van der Waals surface area contributed by atoms with Crippen LogP contribution in [0.5, 0.6) is 0 Å². The van der Waals surface area contributed by atoms with Crippen molar-refractivity contribution in [2.45, 2.75) is 31.8 Å². The number of urea groups is 1. The van der Waals surface area contributed by atoms with Crippen LogP contribution >= 0.6 is 0 Å². The van der Waals surface area contributed by atoms with Crippen LogP contribution in [0.2, 0.25) is 0 Å². The maximum absolute atomic E-state index is 12.8. The number of carbonyl (C=O) groups excluding carboxylic acids is 1. The number of nitrogens with one attached hydrogen (secondary N) is 1. The van der Waals surface area contributed by atoms with E-state index in [4.69, 9.17) is 5.26 Å². The summed E-state index contributed by atoms with van der Waals surface area (Å²) in [5, 5.41) is 21.0. The lowest BCUT2D eigenvalue weighted by Crippen LogP contribution is -2.42. The first-order valence-electron chi connectivity index (χ1n) is 8.95. The molecular weight excluding hydrogens is 326 g/mol. The number of hydrogen-bond donors (Lipinski definition) is 2. The molecule has 2 N–H and O–H groups in total. The standard InChI is InChI=1S/C21H23N3O2/c22-14-16-6-8-17(9-7-16)15-23-21(26)24(12-3-13-25)20-11-10-18-4-1-2-5-19(18)20/h1-2,4-9,20,25H,3,10-13,15H2,(H,23,26). The van der Waals surface area contributed by atoms with E-state index in [-0.39, 0.29) is 18.7 Å². The Kier molecular flexibility index (Phi) is 5.88. The Bertz CT molecular complexity index is 796. The van der Waals surface area contributed by atoms with Crippen LogP contribution in [0.3, 0.4) is 0 Å². The van der Waals surface area contributed by atoms with Gasteiger partial charge < -0.3 is 15.3 Å². The van der Waals surface area contributed by atoms with Gasteiger partial charge in [0.2, 0.25) is 0 Å². The molecule has 0 spiro atoms. The molecule has 134 valence electrons. The Hall–Kier alpha value is -2.84. The maximum Gasteiger partial charge on any atom is 0.318 e. The molecule has 0 bridgehead atoms. The number of aliphatic hydroxyl groups excluding tert-OH is 1. The highest BCUT2D eigenvalue weighted by molar-refractivity contribution is 5.75. The van der Waals surface area contributed by atoms with Crippen molar-refractivity contribution >= 4 is 6.03 Å². The molecule has 1 atom stereocenters. The minimum atomic E-state index is -0.121. The second kappa shape index (κ2) is 8.50. The van der Waals surface area contributed by atoms with Crippen molar-refractivity contribution in [3.8, 4) is 6.07 Å². The van der Waals surface area contributed by atoms with E-state index in [0.29, 0.717) is 25.1 Å². The molecule has 2 aromatic rings. The number of nitriles is 1. The molecule has 2 amide bonds. The molecule has 0 saturated carbocycles. The van der Waals surface area contributed by atoms with Crippen LogP contribution in [-0.2, 0) is 13.0 Å². The predicted molar refractivity (Wildman–Crippen MR) is 99.3 cm³/mol. The first kappa shape index (κ1) is 18.0. The first-order valence-corrected chi connectivity index (χ1v) is 8.95. The number of nitrogens with zero attached hydrogens (tertiary/aromatic N) is 2. The van der Waals surface area contributed by atoms with E-state index in [9.17, 15) is 9.90 Å². The Morgan fingerprint density at radius 1 is 1.23 bits per heavy atom. The minimum Gasteiger partial charge on any atom is -0.396 e. The fourth-order valence-corrected chi connectivity index (χ4v) is 3.47. The van der Waals surface area contributed by atoms with Crippen molar-refractivity contribution in [1.82, 2.24) is 10.2 Å². The Labute approximate surface area is 153 Å². The summed E-state index contributed by atoms with van der Waals surface area (Å²) in [6.07, 6.45) is 2.44. The van der Waals surface area contributed by atoms with Crippen LogP contribution in [0, 0.1) is 11.3 Å². The molecule has 0 heterocycles. The van der Waals surface area contributed by atoms with E-state index in [0.717, 1.165) is 18.4 Å². The summed E-state index contributed by atoms with van der Waals surface area (Å²) < 4.78 is 0. The normalized spacial score (nSPS) is 15.2. The summed E-state index contributed by atoms with van der Waals surface area (Å²) >= 11 is 0. The van der Waals surface area contributed by atoms with Crippen LogP contribution in [0.1, 0.15) is 41.1 Å². The van der Waals surface area contributed by atoms with Crippen LogP contribution in [0.4, 0.5) is 4.79 Å². The molecule has 1 aliphatic carbocycles. The van der Waals surface area contributed by atoms with Gasteiger partial charge in [-0.25, -0.2) is 4.79 Å². The summed E-state index contributed by atoms with van der Waals surface area (Å²) in [4.78, 5) is 14.7. The van der Waals surface area contributed by atoms with Gasteiger partial charge in [-0.1, -0.05) is 36.4 Å². The summed E-state index contributed by atoms with van der Waals surface area (Å²) in [5.74, 6) is 0. The highest BCUT2D eigenvalue weighted by Gasteiger charge is 2.30. The lowest BCUT2D eigenvalue weighted by atomic mass is 10.1. The molecule has 5 nitrogen and oxygen atoms in total. The third kappa shape index (κ3) is 4.04. The number of aliphatic hydroxyl groups is 1. The van der Waals surface area contributed by atoms with E-state index >= 15 is 0 Å². The maximum atomic E-state index is 12.8. The molecule has 1 aliphatic rings. The highest BCUT2D eigenvalue weighted by atomic mass is 16.3. The molecule has 0 aliphatic heterocycles. The highest BCUT2D eigenvalue weighted by Crippen LogP contribution is 2.35. The molecule has 1 unspecified atom stereocenters. The molecule has 0 fully saturated rings. The number of rotatable bonds is 6. The van der Waals surface area contributed by atoms with Gasteiger partial charge in [0, 0.05) is 19.7 Å². The molecular formula is C21H23N3O2. The molecule has 3 rings (SSSR count). The summed E-state index contributed by atoms with van der Waals surface area (Å²) in [6, 6.07) is 17.5. The van der Waals surface area contributed by atoms with Crippen LogP contribution in [-0.4, -0.2) is 29.2 Å². The summed E-state index contributed by atoms with van der Waals surface area (Å²) in [5.41, 5.74) is 4.06. The number of amides is 2. The third-order valence-electron chi connectivity index (χ3n) is 4.82. The molecule has 0 saturated heterocycles. The smallest absolute Gasteiger partial charge is 0.318 e. The zero-order chi connectivity index (χ0) is 18.4. The Morgan fingerprint density at radius 3 is 2.73 bits per heavy atom. The molecule has 0 radical (unpaired) electrons. The van der Waals surface area contributed by atoms with Crippen molar-refractivity contribution in [2.75, 3.05) is 13.2 Å². The van der Waals surface area contributed by atoms with Crippen molar-refractivity contribution in [1.29, 1.82) is 5.26 Å². The molecule has 26 heavy (non-hydrogen) atoms. The lowest BCUT2D eigenvalue weighted by Gasteiger charge is -2.30. The third-order valence-corrected chi connectivity index (χ3v) is 4.82. The zero-order valence-electron chi connectivity index (χ0n) is 14.7. The Morgan fingerprint density at radius 2 is 2.00 bits per heavy atom. The monoisotopic (exact) mass is 349 g/mol. The number of carbonyl (C=O) groups is 1. The van der Waals surface area contributed by atoms with E-state index in [2.05, 4.69) is 23.5 Å². The van der Waals surface area contributed by atoms with E-state index in [1.807, 2.05) is 29.2 Å². The van der Waals surface area contributed by atoms with Crippen molar-refractivity contribution in [3.63, 3.8) is 0 Å². The fraction of sp³-hybridized carbons (Fsp3) is 0.333. The summed E-state index contributed by atoms with van der Waals surface area (Å²) in [6.45, 7) is 0.997. The largest absolute Gasteiger partial charge is 0.396 e. The zero-order valence-corrected chi connectivity index (χ0v) is 14.7. The van der Waals surface area contributed by atoms with Gasteiger partial charge in [-0.05, 0) is 48.1 Å². The van der Waals surface area contributed by atoms with Gasteiger partial charge in [0.25, 0.3) is 0 Å². The quantitative estimate of drug-likeness (QED) is 0.841. The first-order chi connectivity index (χ1) is 12.7. The lowest BCUT2D eigenvalue weighted by molar-refractivity contribution is 0.164. The number of fused-ring (bicyclic) bond motifs is 1. The average Bonchev–Trinajstić information content (AvgIpc) is 3.11. The van der Waals surface area contributed by atoms with E-state index < -0.39 is 0 Å². The summed E-state index contributed by atoms with van der Waals surface area (Å²) in [7, 11) is 0. The second-order valence-corrected chi connectivity index (χ2v) is 6.49. The SMILES string of the molecule is N#Cc1ccc(CNC(=O)N(CCCO)C2CCc3ccccc32)cc1. The van der Waals surface area contributed by atoms with Crippen LogP contribution in [0.15, 0.2) is 48.5 Å². The van der Waals surface area contributed by atoms with Crippen LogP contribution < -0.4 is 5.32 Å². The average molecular weight is 349 g/mol. The second-order valence-electron chi connectivity index (χ2n) is 6.49. The van der Waals surface area contributed by atoms with Gasteiger partial charge in [-0.15, -0.1) is 0 Å². The van der Waals surface area contributed by atoms with Crippen molar-refractivity contribution in [2.24, 2.45) is 0 Å². The topological polar surface area (TPSA) is 76.4 Å².